The lowest BCUT2D eigenvalue weighted by Crippen LogP contribution is -2.11. The normalized spacial score (nSPS) is 12.7. The predicted octanol–water partition coefficient (Wildman–Crippen LogP) is 3.60. The van der Waals surface area contributed by atoms with Crippen LogP contribution in [0.5, 0.6) is 0 Å². The van der Waals surface area contributed by atoms with Crippen LogP contribution in [-0.2, 0) is 0 Å². The first-order chi connectivity index (χ1) is 7.61. The first kappa shape index (κ1) is 11.7. The third kappa shape index (κ3) is 2.01. The lowest BCUT2D eigenvalue weighted by atomic mass is 10.1. The summed E-state index contributed by atoms with van der Waals surface area (Å²) < 4.78 is 3.68. The maximum absolute atomic E-state index is 5.93. The van der Waals surface area contributed by atoms with E-state index < -0.39 is 0 Å². The Morgan fingerprint density at radius 2 is 1.94 bits per heavy atom. The van der Waals surface area contributed by atoms with Gasteiger partial charge < -0.3 is 5.73 Å². The van der Waals surface area contributed by atoms with E-state index in [0.717, 1.165) is 14.5 Å². The lowest BCUT2D eigenvalue weighted by molar-refractivity contribution is 0.571. The molecule has 0 aliphatic carbocycles. The fourth-order valence-electron chi connectivity index (χ4n) is 1.60. The molecule has 2 rings (SSSR count). The second kappa shape index (κ2) is 4.59. The number of benzene rings is 1. The molecule has 0 fully saturated rings. The molecular formula is C11H11Br2N3. The number of nitrogens with zero attached hydrogens (tertiary/aromatic N) is 2. The van der Waals surface area contributed by atoms with Crippen molar-refractivity contribution in [2.75, 3.05) is 5.73 Å². The molecule has 0 saturated heterocycles. The summed E-state index contributed by atoms with van der Waals surface area (Å²) >= 11 is 6.89. The molecule has 84 valence electrons. The van der Waals surface area contributed by atoms with Gasteiger partial charge in [0, 0.05) is 4.47 Å². The summed E-state index contributed by atoms with van der Waals surface area (Å²) in [5.74, 6) is 0.642. The van der Waals surface area contributed by atoms with Crippen LogP contribution in [0.25, 0.3) is 0 Å². The van der Waals surface area contributed by atoms with Crippen LogP contribution >= 0.6 is 31.9 Å². The average Bonchev–Trinajstić information content (AvgIpc) is 2.60. The molecular weight excluding hydrogens is 334 g/mol. The van der Waals surface area contributed by atoms with Gasteiger partial charge in [0.2, 0.25) is 0 Å². The second-order valence-electron chi connectivity index (χ2n) is 3.52. The summed E-state index contributed by atoms with van der Waals surface area (Å²) in [6.45, 7) is 2.07. The highest BCUT2D eigenvalue weighted by Crippen LogP contribution is 2.29. The summed E-state index contributed by atoms with van der Waals surface area (Å²) in [6.07, 6.45) is 1.71. The van der Waals surface area contributed by atoms with Crippen LogP contribution in [0.3, 0.4) is 0 Å². The molecule has 2 N–H and O–H groups in total. The molecule has 0 aliphatic heterocycles. The molecule has 0 aliphatic rings. The minimum atomic E-state index is 0.0990. The number of halogens is 2. The average molecular weight is 345 g/mol. The molecule has 0 spiro atoms. The van der Waals surface area contributed by atoms with Crippen molar-refractivity contribution in [3.8, 4) is 0 Å². The van der Waals surface area contributed by atoms with E-state index in [-0.39, 0.29) is 6.04 Å². The Bertz CT molecular complexity index is 508. The molecule has 1 atom stereocenters. The van der Waals surface area contributed by atoms with Gasteiger partial charge >= 0.3 is 0 Å². The molecule has 0 amide bonds. The maximum atomic E-state index is 5.93. The Morgan fingerprint density at radius 3 is 2.50 bits per heavy atom. The van der Waals surface area contributed by atoms with Crippen molar-refractivity contribution in [1.29, 1.82) is 0 Å². The van der Waals surface area contributed by atoms with E-state index in [9.17, 15) is 0 Å². The van der Waals surface area contributed by atoms with E-state index in [2.05, 4.69) is 49.9 Å². The van der Waals surface area contributed by atoms with Crippen molar-refractivity contribution >= 4 is 37.7 Å². The fraction of sp³-hybridized carbons (Fsp3) is 0.182. The Hall–Kier alpha value is -0.810. The van der Waals surface area contributed by atoms with E-state index >= 15 is 0 Å². The minimum absolute atomic E-state index is 0.0990. The minimum Gasteiger partial charge on any atom is -0.383 e. The lowest BCUT2D eigenvalue weighted by Gasteiger charge is -2.15. The molecule has 16 heavy (non-hydrogen) atoms. The highest BCUT2D eigenvalue weighted by Gasteiger charge is 2.15. The summed E-state index contributed by atoms with van der Waals surface area (Å²) in [5, 5.41) is 4.26. The Labute approximate surface area is 111 Å². The second-order valence-corrected chi connectivity index (χ2v) is 5.23. The van der Waals surface area contributed by atoms with E-state index in [4.69, 9.17) is 5.73 Å². The first-order valence-electron chi connectivity index (χ1n) is 4.84. The summed E-state index contributed by atoms with van der Waals surface area (Å²) in [7, 11) is 0. The number of hydrogen-bond acceptors (Lipinski definition) is 2. The number of nitrogens with two attached hydrogens (primary N) is 1. The molecule has 1 aromatic heterocycles. The Kier molecular flexibility index (Phi) is 3.35. The van der Waals surface area contributed by atoms with Gasteiger partial charge in [-0.05, 0) is 34.5 Å². The van der Waals surface area contributed by atoms with E-state index in [1.165, 1.54) is 0 Å². The van der Waals surface area contributed by atoms with E-state index in [1.54, 1.807) is 10.9 Å². The summed E-state index contributed by atoms with van der Waals surface area (Å²) in [5.41, 5.74) is 7.09. The van der Waals surface area contributed by atoms with Crippen molar-refractivity contribution in [3.63, 3.8) is 0 Å². The van der Waals surface area contributed by atoms with Gasteiger partial charge in [0.05, 0.1) is 16.7 Å². The van der Waals surface area contributed by atoms with Crippen LogP contribution in [0, 0.1) is 0 Å². The third-order valence-corrected chi connectivity index (χ3v) is 3.84. The van der Waals surface area contributed by atoms with Crippen molar-refractivity contribution in [1.82, 2.24) is 9.78 Å². The highest BCUT2D eigenvalue weighted by atomic mass is 79.9. The van der Waals surface area contributed by atoms with Gasteiger partial charge in [-0.25, -0.2) is 4.68 Å². The van der Waals surface area contributed by atoms with Gasteiger partial charge in [0.15, 0.2) is 0 Å². The van der Waals surface area contributed by atoms with Crippen LogP contribution in [0.15, 0.2) is 39.4 Å². The standard InChI is InChI=1S/C11H11Br2N3/c1-7(8-4-2-3-5-9(8)12)16-11(14)10(13)6-15-16/h2-7H,14H2,1H3. The molecule has 2 aromatic rings. The number of nitrogen functional groups attached to an aromatic ring is 1. The van der Waals surface area contributed by atoms with Gasteiger partial charge in [-0.1, -0.05) is 34.1 Å². The van der Waals surface area contributed by atoms with E-state index in [1.807, 2.05) is 18.2 Å². The predicted molar refractivity (Wildman–Crippen MR) is 72.3 cm³/mol. The fourth-order valence-corrected chi connectivity index (χ4v) is 2.49. The molecule has 0 bridgehead atoms. The van der Waals surface area contributed by atoms with Crippen molar-refractivity contribution < 1.29 is 0 Å². The van der Waals surface area contributed by atoms with Gasteiger partial charge in [0.1, 0.15) is 5.82 Å². The maximum Gasteiger partial charge on any atom is 0.136 e. The van der Waals surface area contributed by atoms with Gasteiger partial charge in [-0.3, -0.25) is 0 Å². The SMILES string of the molecule is CC(c1ccccc1Br)n1ncc(Br)c1N. The van der Waals surface area contributed by atoms with Gasteiger partial charge in [-0.15, -0.1) is 0 Å². The molecule has 0 saturated carbocycles. The molecule has 1 heterocycles. The quantitative estimate of drug-likeness (QED) is 0.904. The van der Waals surface area contributed by atoms with Crippen LogP contribution in [0.4, 0.5) is 5.82 Å². The van der Waals surface area contributed by atoms with E-state index in [0.29, 0.717) is 5.82 Å². The molecule has 5 heteroatoms. The smallest absolute Gasteiger partial charge is 0.136 e. The van der Waals surface area contributed by atoms with Crippen molar-refractivity contribution in [2.45, 2.75) is 13.0 Å². The topological polar surface area (TPSA) is 43.8 Å². The van der Waals surface area contributed by atoms with Gasteiger partial charge in [0.25, 0.3) is 0 Å². The van der Waals surface area contributed by atoms with Crippen LogP contribution in [0.1, 0.15) is 18.5 Å². The third-order valence-electron chi connectivity index (χ3n) is 2.51. The molecule has 1 unspecified atom stereocenters. The zero-order chi connectivity index (χ0) is 11.7. The largest absolute Gasteiger partial charge is 0.383 e. The number of rotatable bonds is 2. The number of hydrogen-bond donors (Lipinski definition) is 1. The monoisotopic (exact) mass is 343 g/mol. The van der Waals surface area contributed by atoms with Crippen LogP contribution < -0.4 is 5.73 Å². The van der Waals surface area contributed by atoms with Gasteiger partial charge in [-0.2, -0.15) is 5.10 Å². The van der Waals surface area contributed by atoms with Crippen LogP contribution in [0.2, 0.25) is 0 Å². The molecule has 1 aromatic carbocycles. The number of aromatic nitrogens is 2. The molecule has 3 nitrogen and oxygen atoms in total. The zero-order valence-electron chi connectivity index (χ0n) is 8.69. The van der Waals surface area contributed by atoms with Crippen molar-refractivity contribution in [3.05, 3.63) is 45.0 Å². The Balaban J connectivity index is 2.43. The van der Waals surface area contributed by atoms with Crippen LogP contribution in [-0.4, -0.2) is 9.78 Å². The summed E-state index contributed by atoms with van der Waals surface area (Å²) in [6, 6.07) is 8.17. The molecule has 0 radical (unpaired) electrons. The zero-order valence-corrected chi connectivity index (χ0v) is 11.9. The first-order valence-corrected chi connectivity index (χ1v) is 6.42. The van der Waals surface area contributed by atoms with Crippen molar-refractivity contribution in [2.24, 2.45) is 0 Å². The Morgan fingerprint density at radius 1 is 1.25 bits per heavy atom. The number of anilines is 1. The highest BCUT2D eigenvalue weighted by molar-refractivity contribution is 9.10. The summed E-state index contributed by atoms with van der Waals surface area (Å²) in [4.78, 5) is 0.